The van der Waals surface area contributed by atoms with Gasteiger partial charge in [-0.05, 0) is 19.1 Å². The summed E-state index contributed by atoms with van der Waals surface area (Å²) in [6.07, 6.45) is 3.04. The Labute approximate surface area is 124 Å². The van der Waals surface area contributed by atoms with Crippen LogP contribution < -0.4 is 4.90 Å². The summed E-state index contributed by atoms with van der Waals surface area (Å²) in [4.78, 5) is 20.6. The number of carbonyl (C=O) groups is 1. The van der Waals surface area contributed by atoms with Crippen LogP contribution in [0.3, 0.4) is 0 Å². The largest absolute Gasteiger partial charge is 0.368 e. The lowest BCUT2D eigenvalue weighted by Crippen LogP contribution is -2.50. The van der Waals surface area contributed by atoms with E-state index in [-0.39, 0.29) is 11.9 Å². The number of para-hydroxylation sites is 1. The van der Waals surface area contributed by atoms with Crippen LogP contribution in [0.4, 0.5) is 5.69 Å². The van der Waals surface area contributed by atoms with Gasteiger partial charge in [0.25, 0.3) is 0 Å². The van der Waals surface area contributed by atoms with Crippen molar-refractivity contribution in [2.75, 3.05) is 31.1 Å². The van der Waals surface area contributed by atoms with E-state index in [1.165, 1.54) is 12.0 Å². The van der Waals surface area contributed by atoms with Gasteiger partial charge in [0.15, 0.2) is 0 Å². The summed E-state index contributed by atoms with van der Waals surface area (Å²) in [5.41, 5.74) is 1.22. The molecule has 0 aliphatic carbocycles. The topological polar surface area (TPSA) is 54.3 Å². The third kappa shape index (κ3) is 2.89. The van der Waals surface area contributed by atoms with Crippen molar-refractivity contribution in [3.05, 3.63) is 43.0 Å². The Morgan fingerprint density at radius 1 is 1.14 bits per heavy atom. The van der Waals surface area contributed by atoms with E-state index in [2.05, 4.69) is 27.1 Å². The minimum absolute atomic E-state index is 0.105. The number of aromatic nitrogens is 3. The molecule has 1 saturated heterocycles. The molecule has 21 heavy (non-hydrogen) atoms. The lowest BCUT2D eigenvalue weighted by molar-refractivity contribution is -0.134. The first-order valence-electron chi connectivity index (χ1n) is 7.18. The van der Waals surface area contributed by atoms with Gasteiger partial charge in [-0.1, -0.05) is 18.2 Å². The SMILES string of the molecule is CC(C(=O)N1CCN(c2ccccc2)CC1)n1cncn1. The zero-order chi connectivity index (χ0) is 14.7. The maximum Gasteiger partial charge on any atom is 0.247 e. The van der Waals surface area contributed by atoms with Crippen LogP contribution >= 0.6 is 0 Å². The molecule has 3 rings (SSSR count). The molecular formula is C15H19N5O. The van der Waals surface area contributed by atoms with E-state index < -0.39 is 0 Å². The van der Waals surface area contributed by atoms with Gasteiger partial charge in [0, 0.05) is 31.9 Å². The van der Waals surface area contributed by atoms with Crippen LogP contribution in [0.15, 0.2) is 43.0 Å². The first-order chi connectivity index (χ1) is 10.3. The standard InChI is InChI=1S/C15H19N5O/c1-13(20-12-16-11-17-20)15(21)19-9-7-18(8-10-19)14-5-3-2-4-6-14/h2-6,11-13H,7-10H2,1H3. The molecule has 2 heterocycles. The van der Waals surface area contributed by atoms with Gasteiger partial charge >= 0.3 is 0 Å². The van der Waals surface area contributed by atoms with E-state index in [0.29, 0.717) is 0 Å². The van der Waals surface area contributed by atoms with E-state index in [0.717, 1.165) is 26.2 Å². The highest BCUT2D eigenvalue weighted by Crippen LogP contribution is 2.17. The molecule has 0 saturated carbocycles. The minimum atomic E-state index is -0.296. The highest BCUT2D eigenvalue weighted by Gasteiger charge is 2.26. The molecule has 1 aromatic carbocycles. The fourth-order valence-corrected chi connectivity index (χ4v) is 2.62. The summed E-state index contributed by atoms with van der Waals surface area (Å²) >= 11 is 0. The molecule has 1 fully saturated rings. The van der Waals surface area contributed by atoms with Gasteiger partial charge in [0.1, 0.15) is 18.7 Å². The first kappa shape index (κ1) is 13.6. The Kier molecular flexibility index (Phi) is 3.85. The van der Waals surface area contributed by atoms with Gasteiger partial charge in [-0.25, -0.2) is 9.67 Å². The maximum absolute atomic E-state index is 12.5. The monoisotopic (exact) mass is 285 g/mol. The summed E-state index contributed by atoms with van der Waals surface area (Å²) in [5, 5.41) is 4.04. The van der Waals surface area contributed by atoms with Gasteiger partial charge in [-0.3, -0.25) is 4.79 Å². The van der Waals surface area contributed by atoms with E-state index in [9.17, 15) is 4.79 Å². The summed E-state index contributed by atoms with van der Waals surface area (Å²) < 4.78 is 1.60. The van der Waals surface area contributed by atoms with E-state index in [1.807, 2.05) is 30.0 Å². The maximum atomic E-state index is 12.5. The molecule has 1 aliphatic heterocycles. The predicted octanol–water partition coefficient (Wildman–Crippen LogP) is 1.19. The summed E-state index contributed by atoms with van der Waals surface area (Å²) in [5.74, 6) is 0.105. The smallest absolute Gasteiger partial charge is 0.247 e. The van der Waals surface area contributed by atoms with Crippen molar-refractivity contribution < 1.29 is 4.79 Å². The molecule has 0 bridgehead atoms. The lowest BCUT2D eigenvalue weighted by atomic mass is 10.2. The summed E-state index contributed by atoms with van der Waals surface area (Å²) in [7, 11) is 0. The molecule has 0 radical (unpaired) electrons. The normalized spacial score (nSPS) is 16.8. The Morgan fingerprint density at radius 2 is 1.86 bits per heavy atom. The van der Waals surface area contributed by atoms with Crippen molar-refractivity contribution in [3.63, 3.8) is 0 Å². The Bertz CT molecular complexity index is 575. The average molecular weight is 285 g/mol. The first-order valence-corrected chi connectivity index (χ1v) is 7.18. The van der Waals surface area contributed by atoms with Gasteiger partial charge in [-0.15, -0.1) is 0 Å². The number of hydrogen-bond acceptors (Lipinski definition) is 4. The fourth-order valence-electron chi connectivity index (χ4n) is 2.62. The molecular weight excluding hydrogens is 266 g/mol. The highest BCUT2D eigenvalue weighted by molar-refractivity contribution is 5.80. The number of nitrogens with zero attached hydrogens (tertiary/aromatic N) is 5. The Hall–Kier alpha value is -2.37. The molecule has 0 N–H and O–H groups in total. The van der Waals surface area contributed by atoms with Crippen molar-refractivity contribution in [3.8, 4) is 0 Å². The average Bonchev–Trinajstić information content (AvgIpc) is 3.09. The molecule has 110 valence electrons. The second kappa shape index (κ2) is 5.95. The molecule has 1 aliphatic rings. The van der Waals surface area contributed by atoms with Gasteiger partial charge in [0.05, 0.1) is 0 Å². The van der Waals surface area contributed by atoms with E-state index in [1.54, 1.807) is 11.0 Å². The predicted molar refractivity (Wildman–Crippen MR) is 80.0 cm³/mol. The number of anilines is 1. The van der Waals surface area contributed by atoms with Crippen molar-refractivity contribution >= 4 is 11.6 Å². The third-order valence-corrected chi connectivity index (χ3v) is 3.90. The van der Waals surface area contributed by atoms with Gasteiger partial charge < -0.3 is 9.80 Å². The number of amides is 1. The van der Waals surface area contributed by atoms with Gasteiger partial charge in [0.2, 0.25) is 5.91 Å². The second-order valence-electron chi connectivity index (χ2n) is 5.20. The summed E-state index contributed by atoms with van der Waals surface area (Å²) in [6.45, 7) is 5.07. The Morgan fingerprint density at radius 3 is 2.48 bits per heavy atom. The molecule has 1 unspecified atom stereocenters. The van der Waals surface area contributed by atoms with Crippen LogP contribution in [0.2, 0.25) is 0 Å². The minimum Gasteiger partial charge on any atom is -0.368 e. The van der Waals surface area contributed by atoms with Gasteiger partial charge in [-0.2, -0.15) is 5.10 Å². The van der Waals surface area contributed by atoms with Crippen LogP contribution in [0.5, 0.6) is 0 Å². The van der Waals surface area contributed by atoms with Crippen LogP contribution in [-0.4, -0.2) is 51.8 Å². The number of hydrogen-bond donors (Lipinski definition) is 0. The van der Waals surface area contributed by atoms with E-state index >= 15 is 0 Å². The van der Waals surface area contributed by atoms with Crippen LogP contribution in [0, 0.1) is 0 Å². The fraction of sp³-hybridized carbons (Fsp3) is 0.400. The zero-order valence-corrected chi connectivity index (χ0v) is 12.1. The summed E-state index contributed by atoms with van der Waals surface area (Å²) in [6, 6.07) is 10.0. The van der Waals surface area contributed by atoms with E-state index in [4.69, 9.17) is 0 Å². The van der Waals surface area contributed by atoms with Crippen LogP contribution in [-0.2, 0) is 4.79 Å². The third-order valence-electron chi connectivity index (χ3n) is 3.90. The van der Waals surface area contributed by atoms with Crippen LogP contribution in [0.1, 0.15) is 13.0 Å². The van der Waals surface area contributed by atoms with Crippen molar-refractivity contribution in [1.29, 1.82) is 0 Å². The van der Waals surface area contributed by atoms with Crippen LogP contribution in [0.25, 0.3) is 0 Å². The molecule has 6 heteroatoms. The number of benzene rings is 1. The molecule has 0 spiro atoms. The molecule has 2 aromatic rings. The lowest BCUT2D eigenvalue weighted by Gasteiger charge is -2.37. The Balaban J connectivity index is 1.59. The molecule has 1 aromatic heterocycles. The number of piperazine rings is 1. The zero-order valence-electron chi connectivity index (χ0n) is 12.1. The van der Waals surface area contributed by atoms with Crippen molar-refractivity contribution in [2.24, 2.45) is 0 Å². The molecule has 1 atom stereocenters. The van der Waals surface area contributed by atoms with Crippen molar-refractivity contribution in [2.45, 2.75) is 13.0 Å². The highest BCUT2D eigenvalue weighted by atomic mass is 16.2. The number of carbonyl (C=O) groups excluding carboxylic acids is 1. The molecule has 1 amide bonds. The second-order valence-corrected chi connectivity index (χ2v) is 5.20. The quantitative estimate of drug-likeness (QED) is 0.850. The van der Waals surface area contributed by atoms with Crippen molar-refractivity contribution in [1.82, 2.24) is 19.7 Å². The molecule has 6 nitrogen and oxygen atoms in total. The number of rotatable bonds is 3.